The fraction of sp³-hybridized carbons (Fsp3) is 0.500. The maximum atomic E-state index is 13.5. The van der Waals surface area contributed by atoms with E-state index in [9.17, 15) is 9.59 Å². The number of amides is 1. The summed E-state index contributed by atoms with van der Waals surface area (Å²) in [5, 5.41) is 5.59. The van der Waals surface area contributed by atoms with Gasteiger partial charge in [-0.05, 0) is 71.8 Å². The van der Waals surface area contributed by atoms with Gasteiger partial charge in [0.25, 0.3) is 0 Å². The third-order valence-corrected chi connectivity index (χ3v) is 15.9. The van der Waals surface area contributed by atoms with Crippen molar-refractivity contribution in [2.75, 3.05) is 88.3 Å². The Kier molecular flexibility index (Phi) is 13.9. The highest BCUT2D eigenvalue weighted by Crippen LogP contribution is 2.49. The molecule has 2 aliphatic heterocycles. The molecule has 0 saturated heterocycles. The van der Waals surface area contributed by atoms with Crippen LogP contribution >= 0.6 is 23.4 Å². The number of alkyl halides is 1. The summed E-state index contributed by atoms with van der Waals surface area (Å²) in [6, 6.07) is 22.2. The number of hydrogen-bond donors (Lipinski definition) is 1. The second-order valence-electron chi connectivity index (χ2n) is 14.0. The highest BCUT2D eigenvalue weighted by atomic mass is 35.5. The summed E-state index contributed by atoms with van der Waals surface area (Å²) in [4.78, 5) is 30.3. The van der Waals surface area contributed by atoms with Crippen LogP contribution in [0.25, 0.3) is 0 Å². The Morgan fingerprint density at radius 2 is 1.45 bits per heavy atom. The van der Waals surface area contributed by atoms with Crippen LogP contribution in [0.4, 0.5) is 11.4 Å². The van der Waals surface area contributed by atoms with E-state index in [4.69, 9.17) is 25.8 Å². The molecule has 8 nitrogen and oxygen atoms in total. The Bertz CT molecular complexity index is 1590. The van der Waals surface area contributed by atoms with Gasteiger partial charge in [-0.3, -0.25) is 4.79 Å². The lowest BCUT2D eigenvalue weighted by Crippen LogP contribution is -2.65. The maximum Gasteiger partial charge on any atom is 0.340 e. The van der Waals surface area contributed by atoms with Gasteiger partial charge in [-0.15, -0.1) is 11.6 Å². The van der Waals surface area contributed by atoms with E-state index in [2.05, 4.69) is 86.3 Å². The molecule has 0 unspecified atom stereocenters. The number of carbonyl (C=O) groups excluding carboxylic acids is 2. The molecule has 1 spiro atoms. The quantitative estimate of drug-likeness (QED) is 0.0667. The van der Waals surface area contributed by atoms with Gasteiger partial charge in [-0.2, -0.15) is 11.8 Å². The molecule has 1 N–H and O–H groups in total. The van der Waals surface area contributed by atoms with Gasteiger partial charge in [0.15, 0.2) is 5.60 Å². The Morgan fingerprint density at radius 1 is 0.824 bits per heavy atom. The first-order valence-electron chi connectivity index (χ1n) is 18.2. The number of anilines is 2. The number of benzene rings is 3. The molecule has 2 heterocycles. The first-order valence-corrected chi connectivity index (χ1v) is 22.6. The standard InChI is InChI=1S/C40H54ClN3O5SSi/c1-43(2)30-15-17-34-36(27-30)51(5,26-12-25-50-29-38(45)42-20-22-48-24-23-47-21-11-7-6-10-19-41)37-28-31(44(3)4)16-18-35(37)40(34)33-14-9-8-13-32(33)39(46)49-40/h8-9,13-18,27-28H,6-7,10-12,19-26,29H2,1-5H3,(H,42,45). The molecule has 5 rings (SSSR count). The molecule has 0 aromatic heterocycles. The van der Waals surface area contributed by atoms with E-state index in [0.29, 0.717) is 37.7 Å². The number of ether oxygens (including phenoxy) is 3. The van der Waals surface area contributed by atoms with Gasteiger partial charge >= 0.3 is 5.97 Å². The molecule has 0 radical (unpaired) electrons. The third-order valence-electron chi connectivity index (χ3n) is 10.1. The van der Waals surface area contributed by atoms with Crippen molar-refractivity contribution in [1.29, 1.82) is 0 Å². The van der Waals surface area contributed by atoms with Gasteiger partial charge in [0, 0.05) is 75.3 Å². The van der Waals surface area contributed by atoms with E-state index in [1.54, 1.807) is 11.8 Å². The van der Waals surface area contributed by atoms with Crippen molar-refractivity contribution in [1.82, 2.24) is 5.32 Å². The van der Waals surface area contributed by atoms with Crippen LogP contribution in [-0.4, -0.2) is 98.5 Å². The average molecular weight is 752 g/mol. The van der Waals surface area contributed by atoms with Gasteiger partial charge in [0.2, 0.25) is 5.91 Å². The molecule has 11 heteroatoms. The van der Waals surface area contributed by atoms with Gasteiger partial charge in [0.05, 0.1) is 31.1 Å². The molecule has 2 aliphatic rings. The summed E-state index contributed by atoms with van der Waals surface area (Å²) in [5.74, 6) is 1.78. The highest BCUT2D eigenvalue weighted by Gasteiger charge is 2.56. The monoisotopic (exact) mass is 751 g/mol. The summed E-state index contributed by atoms with van der Waals surface area (Å²) < 4.78 is 17.8. The van der Waals surface area contributed by atoms with Gasteiger partial charge in [0.1, 0.15) is 8.07 Å². The third kappa shape index (κ3) is 8.79. The van der Waals surface area contributed by atoms with Crippen molar-refractivity contribution in [3.63, 3.8) is 0 Å². The number of nitrogens with one attached hydrogen (secondary N) is 1. The van der Waals surface area contributed by atoms with E-state index in [1.807, 2.05) is 24.3 Å². The normalized spacial score (nSPS) is 18.6. The van der Waals surface area contributed by atoms with Gasteiger partial charge in [-0.1, -0.05) is 49.7 Å². The summed E-state index contributed by atoms with van der Waals surface area (Å²) in [6.07, 6.45) is 5.38. The van der Waals surface area contributed by atoms with Crippen molar-refractivity contribution in [3.8, 4) is 0 Å². The fourth-order valence-corrected chi connectivity index (χ4v) is 12.9. The number of hydrogen-bond acceptors (Lipinski definition) is 8. The van der Waals surface area contributed by atoms with E-state index in [0.717, 1.165) is 84.5 Å². The summed E-state index contributed by atoms with van der Waals surface area (Å²) >= 11 is 7.39. The van der Waals surface area contributed by atoms with Crippen molar-refractivity contribution in [2.24, 2.45) is 0 Å². The predicted octanol–water partition coefficient (Wildman–Crippen LogP) is 5.86. The largest absolute Gasteiger partial charge is 0.441 e. The topological polar surface area (TPSA) is 80.3 Å². The van der Waals surface area contributed by atoms with Crippen LogP contribution in [0, 0.1) is 0 Å². The molecule has 3 aromatic rings. The number of unbranched alkanes of at least 4 members (excludes halogenated alkanes) is 3. The van der Waals surface area contributed by atoms with Crippen molar-refractivity contribution in [3.05, 3.63) is 82.9 Å². The lowest BCUT2D eigenvalue weighted by Gasteiger charge is -2.46. The van der Waals surface area contributed by atoms with Crippen LogP contribution in [0.3, 0.4) is 0 Å². The highest BCUT2D eigenvalue weighted by molar-refractivity contribution is 7.99. The Morgan fingerprint density at radius 3 is 2.10 bits per heavy atom. The zero-order valence-electron chi connectivity index (χ0n) is 30.9. The van der Waals surface area contributed by atoms with Crippen LogP contribution in [-0.2, 0) is 24.6 Å². The van der Waals surface area contributed by atoms with E-state index >= 15 is 0 Å². The zero-order valence-corrected chi connectivity index (χ0v) is 33.5. The van der Waals surface area contributed by atoms with Crippen molar-refractivity contribution in [2.45, 2.75) is 50.3 Å². The summed E-state index contributed by atoms with van der Waals surface area (Å²) in [6.45, 7) is 5.29. The smallest absolute Gasteiger partial charge is 0.340 e. The fourth-order valence-electron chi connectivity index (χ4n) is 7.31. The second kappa shape index (κ2) is 18.1. The molecule has 3 aromatic carbocycles. The lowest BCUT2D eigenvalue weighted by atomic mass is 9.79. The minimum absolute atomic E-state index is 0.0310. The van der Waals surface area contributed by atoms with Crippen molar-refractivity contribution >= 4 is 65.1 Å². The predicted molar refractivity (Wildman–Crippen MR) is 215 cm³/mol. The average Bonchev–Trinajstić information content (AvgIpc) is 3.43. The molecule has 0 aliphatic carbocycles. The minimum atomic E-state index is -2.39. The van der Waals surface area contributed by atoms with Crippen LogP contribution in [0.15, 0.2) is 60.7 Å². The number of thioether (sulfide) groups is 1. The van der Waals surface area contributed by atoms with Gasteiger partial charge in [-0.25, -0.2) is 4.79 Å². The molecule has 1 amide bonds. The van der Waals surface area contributed by atoms with Crippen LogP contribution < -0.4 is 25.5 Å². The molecular weight excluding hydrogens is 698 g/mol. The molecular formula is C40H54ClN3O5SSi. The van der Waals surface area contributed by atoms with Crippen LogP contribution in [0.5, 0.6) is 0 Å². The molecule has 276 valence electrons. The molecule has 0 saturated carbocycles. The zero-order chi connectivity index (χ0) is 36.4. The molecule has 0 atom stereocenters. The van der Waals surface area contributed by atoms with E-state index in [-0.39, 0.29) is 11.9 Å². The second-order valence-corrected chi connectivity index (χ2v) is 19.8. The van der Waals surface area contributed by atoms with E-state index in [1.165, 1.54) is 10.4 Å². The number of halogens is 1. The number of fused-ring (bicyclic) bond motifs is 6. The van der Waals surface area contributed by atoms with Crippen LogP contribution in [0.2, 0.25) is 12.6 Å². The first-order chi connectivity index (χ1) is 24.6. The van der Waals surface area contributed by atoms with Gasteiger partial charge < -0.3 is 29.3 Å². The number of esters is 1. The summed E-state index contributed by atoms with van der Waals surface area (Å²) in [5.41, 5.74) is 4.95. The SMILES string of the molecule is CN(C)c1ccc2c(c1)[Si](C)(CCCSCC(=O)NCCOCCOCCCCCCCl)c1cc(N(C)C)ccc1C21OC(=O)c2ccccc21. The lowest BCUT2D eigenvalue weighted by molar-refractivity contribution is -0.118. The first kappa shape index (κ1) is 39.2. The number of carbonyl (C=O) groups is 2. The Hall–Kier alpha value is -3.02. The Balaban J connectivity index is 1.23. The molecule has 51 heavy (non-hydrogen) atoms. The maximum absolute atomic E-state index is 13.5. The molecule has 0 fully saturated rings. The summed E-state index contributed by atoms with van der Waals surface area (Å²) in [7, 11) is 5.89. The van der Waals surface area contributed by atoms with E-state index < -0.39 is 13.7 Å². The molecule has 0 bridgehead atoms. The number of rotatable bonds is 20. The van der Waals surface area contributed by atoms with Crippen LogP contribution in [0.1, 0.15) is 59.2 Å². The Labute approximate surface area is 314 Å². The minimum Gasteiger partial charge on any atom is -0.441 e. The number of nitrogens with zero attached hydrogens (tertiary/aromatic N) is 2. The van der Waals surface area contributed by atoms with Crippen molar-refractivity contribution < 1.29 is 23.8 Å².